The molecule has 3 heterocycles. The van der Waals surface area contributed by atoms with Crippen molar-refractivity contribution < 1.29 is 13.9 Å². The Morgan fingerprint density at radius 3 is 2.90 bits per heavy atom. The molecule has 1 fully saturated rings. The number of carbonyl (C=O) groups is 1. The number of aromatic nitrogens is 3. The topological polar surface area (TPSA) is 81.4 Å². The van der Waals surface area contributed by atoms with Gasteiger partial charge in [0.25, 0.3) is 5.89 Å². The van der Waals surface area contributed by atoms with Gasteiger partial charge in [0.2, 0.25) is 11.8 Å². The molecule has 1 aromatic carbocycles. The number of carbonyl (C=O) groups excluding carboxylic acids is 1. The number of hydrogen-bond acceptors (Lipinski definition) is 7. The highest BCUT2D eigenvalue weighted by Gasteiger charge is 2.32. The summed E-state index contributed by atoms with van der Waals surface area (Å²) in [6, 6.07) is 5.98. The number of likely N-dealkylation sites (tertiary alicyclic amines) is 1. The summed E-state index contributed by atoms with van der Waals surface area (Å²) < 4.78 is 11.8. The molecular weight excluding hydrogens is 412 g/mol. The fourth-order valence-corrected chi connectivity index (χ4v) is 4.69. The molecular formula is C23H28N4O3S. The van der Waals surface area contributed by atoms with Crippen LogP contribution < -0.4 is 4.74 Å². The van der Waals surface area contributed by atoms with Gasteiger partial charge in [-0.3, -0.25) is 4.79 Å². The molecule has 1 saturated heterocycles. The summed E-state index contributed by atoms with van der Waals surface area (Å²) in [6.07, 6.45) is 3.99. The van der Waals surface area contributed by atoms with Crippen molar-refractivity contribution in [3.8, 4) is 16.5 Å². The SMILES string of the molecule is Cc1ccc(OCCCC(=O)N2CCCC[C@H]2c2nnc(-c3scnc3C)o2)c(C)c1. The van der Waals surface area contributed by atoms with Gasteiger partial charge in [-0.25, -0.2) is 4.98 Å². The molecule has 0 unspecified atom stereocenters. The Hall–Kier alpha value is -2.74. The Balaban J connectivity index is 1.35. The number of benzene rings is 1. The highest BCUT2D eigenvalue weighted by Crippen LogP contribution is 2.33. The van der Waals surface area contributed by atoms with E-state index >= 15 is 0 Å². The summed E-state index contributed by atoms with van der Waals surface area (Å²) in [7, 11) is 0. The van der Waals surface area contributed by atoms with Crippen LogP contribution in [0, 0.1) is 20.8 Å². The van der Waals surface area contributed by atoms with Crippen LogP contribution in [0.2, 0.25) is 0 Å². The molecule has 164 valence electrons. The molecule has 4 rings (SSSR count). The Labute approximate surface area is 186 Å². The maximum absolute atomic E-state index is 13.0. The summed E-state index contributed by atoms with van der Waals surface area (Å²) in [5.41, 5.74) is 4.97. The lowest BCUT2D eigenvalue weighted by molar-refractivity contribution is -0.135. The zero-order chi connectivity index (χ0) is 21.8. The molecule has 0 saturated carbocycles. The predicted octanol–water partition coefficient (Wildman–Crippen LogP) is 5.03. The molecule has 0 aliphatic carbocycles. The van der Waals surface area contributed by atoms with Crippen LogP contribution in [-0.2, 0) is 4.79 Å². The Morgan fingerprint density at radius 2 is 2.13 bits per heavy atom. The van der Waals surface area contributed by atoms with Gasteiger partial charge in [0, 0.05) is 13.0 Å². The van der Waals surface area contributed by atoms with Gasteiger partial charge in [-0.1, -0.05) is 17.7 Å². The zero-order valence-corrected chi connectivity index (χ0v) is 19.1. The second-order valence-electron chi connectivity index (χ2n) is 8.03. The van der Waals surface area contributed by atoms with E-state index in [4.69, 9.17) is 9.15 Å². The third-order valence-corrected chi connectivity index (χ3v) is 6.53. The average Bonchev–Trinajstić information content (AvgIpc) is 3.41. The van der Waals surface area contributed by atoms with Crippen molar-refractivity contribution in [3.63, 3.8) is 0 Å². The van der Waals surface area contributed by atoms with E-state index in [-0.39, 0.29) is 11.9 Å². The molecule has 1 aliphatic rings. The molecule has 0 radical (unpaired) electrons. The number of amides is 1. The minimum Gasteiger partial charge on any atom is -0.493 e. The Morgan fingerprint density at radius 1 is 1.26 bits per heavy atom. The Bertz CT molecular complexity index is 1050. The normalized spacial score (nSPS) is 16.5. The number of aryl methyl sites for hydroxylation is 3. The van der Waals surface area contributed by atoms with Gasteiger partial charge in [-0.15, -0.1) is 21.5 Å². The van der Waals surface area contributed by atoms with Gasteiger partial charge in [0.1, 0.15) is 16.7 Å². The van der Waals surface area contributed by atoms with Gasteiger partial charge >= 0.3 is 0 Å². The van der Waals surface area contributed by atoms with Crippen molar-refractivity contribution in [2.75, 3.05) is 13.2 Å². The first-order chi connectivity index (χ1) is 15.0. The lowest BCUT2D eigenvalue weighted by Gasteiger charge is -2.33. The molecule has 0 N–H and O–H groups in total. The zero-order valence-electron chi connectivity index (χ0n) is 18.3. The quantitative estimate of drug-likeness (QED) is 0.479. The van der Waals surface area contributed by atoms with E-state index in [1.165, 1.54) is 16.9 Å². The smallest absolute Gasteiger partial charge is 0.259 e. The standard InChI is InChI=1S/C23H28N4O3S/c1-15-9-10-19(16(2)13-15)29-12-6-8-20(28)27-11-5-4-7-18(27)22-25-26-23(30-22)21-17(3)24-14-31-21/h9-10,13-14,18H,4-8,11-12H2,1-3H3/t18-/m0/s1. The molecule has 1 amide bonds. The summed E-state index contributed by atoms with van der Waals surface area (Å²) in [4.78, 5) is 20.0. The lowest BCUT2D eigenvalue weighted by atomic mass is 10.0. The summed E-state index contributed by atoms with van der Waals surface area (Å²) in [6.45, 7) is 7.27. The number of piperidine rings is 1. The fraction of sp³-hybridized carbons (Fsp3) is 0.478. The summed E-state index contributed by atoms with van der Waals surface area (Å²) in [5.74, 6) is 1.99. The van der Waals surface area contributed by atoms with Crippen molar-refractivity contribution >= 4 is 17.2 Å². The van der Waals surface area contributed by atoms with Crippen LogP contribution in [-0.4, -0.2) is 39.1 Å². The lowest BCUT2D eigenvalue weighted by Crippen LogP contribution is -2.38. The van der Waals surface area contributed by atoms with Gasteiger partial charge < -0.3 is 14.1 Å². The van der Waals surface area contributed by atoms with E-state index in [9.17, 15) is 4.79 Å². The fourth-order valence-electron chi connectivity index (χ4n) is 3.97. The summed E-state index contributed by atoms with van der Waals surface area (Å²) >= 11 is 1.48. The second-order valence-corrected chi connectivity index (χ2v) is 8.89. The van der Waals surface area contributed by atoms with Crippen molar-refractivity contribution in [3.05, 3.63) is 46.4 Å². The minimum atomic E-state index is -0.156. The van der Waals surface area contributed by atoms with Crippen molar-refractivity contribution in [2.24, 2.45) is 0 Å². The van der Waals surface area contributed by atoms with Crippen molar-refractivity contribution in [1.82, 2.24) is 20.1 Å². The highest BCUT2D eigenvalue weighted by molar-refractivity contribution is 7.13. The van der Waals surface area contributed by atoms with Crippen LogP contribution in [0.1, 0.15) is 60.9 Å². The number of ether oxygens (including phenoxy) is 1. The van der Waals surface area contributed by atoms with E-state index in [1.54, 1.807) is 5.51 Å². The minimum absolute atomic E-state index is 0.114. The van der Waals surface area contributed by atoms with Gasteiger partial charge in [-0.05, 0) is 58.1 Å². The van der Waals surface area contributed by atoms with E-state index in [0.29, 0.717) is 31.2 Å². The van der Waals surface area contributed by atoms with E-state index in [2.05, 4.69) is 28.2 Å². The van der Waals surface area contributed by atoms with Crippen LogP contribution in [0.15, 0.2) is 28.1 Å². The van der Waals surface area contributed by atoms with E-state index in [1.807, 2.05) is 30.9 Å². The maximum Gasteiger partial charge on any atom is 0.259 e. The summed E-state index contributed by atoms with van der Waals surface area (Å²) in [5, 5.41) is 8.47. The first-order valence-corrected chi connectivity index (χ1v) is 11.6. The molecule has 31 heavy (non-hydrogen) atoms. The third kappa shape index (κ3) is 4.95. The third-order valence-electron chi connectivity index (χ3n) is 5.61. The number of rotatable bonds is 7. The van der Waals surface area contributed by atoms with Crippen LogP contribution in [0.4, 0.5) is 0 Å². The van der Waals surface area contributed by atoms with Gasteiger partial charge in [0.05, 0.1) is 17.8 Å². The Kier molecular flexibility index (Phi) is 6.65. The maximum atomic E-state index is 13.0. The van der Waals surface area contributed by atoms with E-state index < -0.39 is 0 Å². The van der Waals surface area contributed by atoms with Crippen molar-refractivity contribution in [1.29, 1.82) is 0 Å². The largest absolute Gasteiger partial charge is 0.493 e. The monoisotopic (exact) mass is 440 g/mol. The molecule has 1 atom stereocenters. The average molecular weight is 441 g/mol. The molecule has 0 spiro atoms. The van der Waals surface area contributed by atoms with Crippen molar-refractivity contribution in [2.45, 2.75) is 58.9 Å². The molecule has 8 heteroatoms. The number of nitrogens with zero attached hydrogens (tertiary/aromatic N) is 4. The molecule has 0 bridgehead atoms. The van der Waals surface area contributed by atoms with Gasteiger partial charge in [-0.2, -0.15) is 0 Å². The van der Waals surface area contributed by atoms with Crippen LogP contribution in [0.3, 0.4) is 0 Å². The molecule has 2 aromatic heterocycles. The number of hydrogen-bond donors (Lipinski definition) is 0. The highest BCUT2D eigenvalue weighted by atomic mass is 32.1. The predicted molar refractivity (Wildman–Crippen MR) is 119 cm³/mol. The molecule has 1 aliphatic heterocycles. The van der Waals surface area contributed by atoms with Crippen LogP contribution in [0.25, 0.3) is 10.8 Å². The number of thiazole rings is 1. The van der Waals surface area contributed by atoms with E-state index in [0.717, 1.165) is 47.7 Å². The van der Waals surface area contributed by atoms with Crippen LogP contribution >= 0.6 is 11.3 Å². The first kappa shape index (κ1) is 21.5. The van der Waals surface area contributed by atoms with Crippen LogP contribution in [0.5, 0.6) is 5.75 Å². The molecule has 3 aromatic rings. The molecule has 7 nitrogen and oxygen atoms in total. The first-order valence-electron chi connectivity index (χ1n) is 10.8. The second kappa shape index (κ2) is 9.60. The van der Waals surface area contributed by atoms with Gasteiger partial charge in [0.15, 0.2) is 0 Å².